The fraction of sp³-hybridized carbons (Fsp3) is 0.857. The van der Waals surface area contributed by atoms with E-state index in [1.807, 2.05) is 27.8 Å². The fourth-order valence-electron chi connectivity index (χ4n) is 2.17. The standard InChI is InChI=1S/C14H28N4O2.HI/c1-14(2,3)20-13(19)18-8-6-11(7-9-18)10-17-12(15-4)16-5;/h11H,6-10H2,1-5H3,(H2,15,16,17);1H. The number of piperidine rings is 1. The molecule has 1 aliphatic rings. The summed E-state index contributed by atoms with van der Waals surface area (Å²) in [6.45, 7) is 8.09. The van der Waals surface area contributed by atoms with Crippen LogP contribution in [0.25, 0.3) is 0 Å². The molecule has 1 heterocycles. The molecule has 1 saturated heterocycles. The summed E-state index contributed by atoms with van der Waals surface area (Å²) in [7, 11) is 3.60. The quantitative estimate of drug-likeness (QED) is 0.414. The number of nitrogens with zero attached hydrogens (tertiary/aromatic N) is 2. The van der Waals surface area contributed by atoms with Gasteiger partial charge in [0, 0.05) is 33.7 Å². The first-order valence-electron chi connectivity index (χ1n) is 7.22. The van der Waals surface area contributed by atoms with E-state index in [0.29, 0.717) is 5.92 Å². The molecule has 6 nitrogen and oxygen atoms in total. The van der Waals surface area contributed by atoms with Crippen LogP contribution in [0.2, 0.25) is 0 Å². The van der Waals surface area contributed by atoms with Crippen molar-refractivity contribution in [3.63, 3.8) is 0 Å². The average Bonchev–Trinajstić information content (AvgIpc) is 2.38. The van der Waals surface area contributed by atoms with Crippen molar-refractivity contribution in [3.05, 3.63) is 0 Å². The van der Waals surface area contributed by atoms with E-state index in [9.17, 15) is 4.79 Å². The van der Waals surface area contributed by atoms with Crippen LogP contribution in [0.4, 0.5) is 4.79 Å². The SMILES string of the molecule is CN=C(NC)NCC1CCN(C(=O)OC(C)(C)C)CC1.I. The number of likely N-dealkylation sites (tertiary alicyclic amines) is 1. The second-order valence-electron chi connectivity index (χ2n) is 6.11. The number of amides is 1. The average molecular weight is 412 g/mol. The second-order valence-corrected chi connectivity index (χ2v) is 6.11. The van der Waals surface area contributed by atoms with Gasteiger partial charge in [0.25, 0.3) is 0 Å². The summed E-state index contributed by atoms with van der Waals surface area (Å²) >= 11 is 0. The summed E-state index contributed by atoms with van der Waals surface area (Å²) < 4.78 is 5.39. The zero-order chi connectivity index (χ0) is 15.2. The van der Waals surface area contributed by atoms with Crippen molar-refractivity contribution >= 4 is 36.0 Å². The molecule has 0 spiro atoms. The summed E-state index contributed by atoms with van der Waals surface area (Å²) in [5.74, 6) is 1.37. The van der Waals surface area contributed by atoms with Gasteiger partial charge in [0.05, 0.1) is 0 Å². The number of hydrogen-bond acceptors (Lipinski definition) is 3. The molecule has 1 aliphatic heterocycles. The predicted molar refractivity (Wildman–Crippen MR) is 96.4 cm³/mol. The molecule has 0 radical (unpaired) electrons. The van der Waals surface area contributed by atoms with E-state index in [-0.39, 0.29) is 30.1 Å². The normalized spacial score (nSPS) is 17.0. The Bertz CT molecular complexity index is 347. The molecule has 0 aromatic rings. The molecule has 0 unspecified atom stereocenters. The molecular formula is C14H29IN4O2. The number of hydrogen-bond donors (Lipinski definition) is 2. The smallest absolute Gasteiger partial charge is 0.410 e. The Hall–Kier alpha value is -0.730. The van der Waals surface area contributed by atoms with E-state index in [1.165, 1.54) is 0 Å². The number of rotatable bonds is 2. The Balaban J connectivity index is 0.00000400. The summed E-state index contributed by atoms with van der Waals surface area (Å²) in [4.78, 5) is 17.8. The highest BCUT2D eigenvalue weighted by Gasteiger charge is 2.26. The van der Waals surface area contributed by atoms with Crippen LogP contribution in [0.1, 0.15) is 33.6 Å². The van der Waals surface area contributed by atoms with Crippen LogP contribution >= 0.6 is 24.0 Å². The van der Waals surface area contributed by atoms with Crippen LogP contribution < -0.4 is 10.6 Å². The molecule has 21 heavy (non-hydrogen) atoms. The van der Waals surface area contributed by atoms with Gasteiger partial charge in [-0.2, -0.15) is 0 Å². The molecule has 0 atom stereocenters. The highest BCUT2D eigenvalue weighted by molar-refractivity contribution is 14.0. The van der Waals surface area contributed by atoms with Gasteiger partial charge in [0.1, 0.15) is 5.60 Å². The Morgan fingerprint density at radius 1 is 1.33 bits per heavy atom. The predicted octanol–water partition coefficient (Wildman–Crippen LogP) is 2.05. The first kappa shape index (κ1) is 20.3. The third-order valence-electron chi connectivity index (χ3n) is 3.28. The van der Waals surface area contributed by atoms with Crippen molar-refractivity contribution in [1.82, 2.24) is 15.5 Å². The van der Waals surface area contributed by atoms with Gasteiger partial charge < -0.3 is 20.3 Å². The lowest BCUT2D eigenvalue weighted by Crippen LogP contribution is -2.44. The number of aliphatic imine (C=N–C) groups is 1. The van der Waals surface area contributed by atoms with Crippen LogP contribution in [-0.2, 0) is 4.74 Å². The second kappa shape index (κ2) is 9.32. The molecule has 1 amide bonds. The first-order valence-corrected chi connectivity index (χ1v) is 7.22. The van der Waals surface area contributed by atoms with Gasteiger partial charge in [-0.1, -0.05) is 0 Å². The maximum atomic E-state index is 11.9. The van der Waals surface area contributed by atoms with Gasteiger partial charge in [-0.3, -0.25) is 4.99 Å². The molecule has 0 bridgehead atoms. The van der Waals surface area contributed by atoms with Crippen molar-refractivity contribution in [2.45, 2.75) is 39.2 Å². The monoisotopic (exact) mass is 412 g/mol. The zero-order valence-electron chi connectivity index (χ0n) is 13.7. The minimum absolute atomic E-state index is 0. The van der Waals surface area contributed by atoms with Crippen LogP contribution in [0.15, 0.2) is 4.99 Å². The highest BCUT2D eigenvalue weighted by Crippen LogP contribution is 2.19. The van der Waals surface area contributed by atoms with E-state index < -0.39 is 5.60 Å². The third kappa shape index (κ3) is 7.73. The van der Waals surface area contributed by atoms with Crippen LogP contribution in [-0.4, -0.2) is 56.3 Å². The number of carbonyl (C=O) groups excluding carboxylic acids is 1. The van der Waals surface area contributed by atoms with Crippen molar-refractivity contribution in [2.75, 3.05) is 33.7 Å². The third-order valence-corrected chi connectivity index (χ3v) is 3.28. The molecule has 1 rings (SSSR count). The van der Waals surface area contributed by atoms with Crippen molar-refractivity contribution in [3.8, 4) is 0 Å². The van der Waals surface area contributed by atoms with Crippen LogP contribution in [0, 0.1) is 5.92 Å². The maximum Gasteiger partial charge on any atom is 0.410 e. The summed E-state index contributed by atoms with van der Waals surface area (Å²) in [5.41, 5.74) is -0.422. The zero-order valence-corrected chi connectivity index (χ0v) is 16.1. The molecule has 1 fully saturated rings. The van der Waals surface area contributed by atoms with Crippen molar-refractivity contribution < 1.29 is 9.53 Å². The van der Waals surface area contributed by atoms with Crippen molar-refractivity contribution in [1.29, 1.82) is 0 Å². The van der Waals surface area contributed by atoms with Gasteiger partial charge >= 0.3 is 6.09 Å². The van der Waals surface area contributed by atoms with E-state index in [0.717, 1.165) is 38.4 Å². The van der Waals surface area contributed by atoms with Gasteiger partial charge in [0.15, 0.2) is 5.96 Å². The summed E-state index contributed by atoms with van der Waals surface area (Å²) in [5, 5.41) is 6.27. The minimum atomic E-state index is -0.422. The largest absolute Gasteiger partial charge is 0.444 e. The number of ether oxygens (including phenoxy) is 1. The van der Waals surface area contributed by atoms with E-state index in [2.05, 4.69) is 15.6 Å². The first-order chi connectivity index (χ1) is 9.35. The number of nitrogens with one attached hydrogen (secondary N) is 2. The van der Waals surface area contributed by atoms with E-state index in [4.69, 9.17) is 4.74 Å². The van der Waals surface area contributed by atoms with E-state index >= 15 is 0 Å². The molecule has 0 aliphatic carbocycles. The Morgan fingerprint density at radius 3 is 2.33 bits per heavy atom. The Kier molecular flexibility index (Phi) is 9.00. The Morgan fingerprint density at radius 2 is 1.90 bits per heavy atom. The lowest BCUT2D eigenvalue weighted by Gasteiger charge is -2.33. The molecule has 0 aromatic heterocycles. The molecule has 2 N–H and O–H groups in total. The van der Waals surface area contributed by atoms with Gasteiger partial charge in [0.2, 0.25) is 0 Å². The molecule has 0 aromatic carbocycles. The van der Waals surface area contributed by atoms with Gasteiger partial charge in [-0.05, 0) is 39.5 Å². The maximum absolute atomic E-state index is 11.9. The van der Waals surface area contributed by atoms with Gasteiger partial charge in [-0.25, -0.2) is 4.79 Å². The molecule has 124 valence electrons. The lowest BCUT2D eigenvalue weighted by molar-refractivity contribution is 0.0185. The number of carbonyl (C=O) groups is 1. The molecule has 7 heteroatoms. The topological polar surface area (TPSA) is 66.0 Å². The van der Waals surface area contributed by atoms with Gasteiger partial charge in [-0.15, -0.1) is 24.0 Å². The Labute approximate surface area is 145 Å². The van der Waals surface area contributed by atoms with E-state index in [1.54, 1.807) is 11.9 Å². The van der Waals surface area contributed by atoms with Crippen LogP contribution in [0.3, 0.4) is 0 Å². The number of guanidine groups is 1. The van der Waals surface area contributed by atoms with Crippen molar-refractivity contribution in [2.24, 2.45) is 10.9 Å². The molecular weight excluding hydrogens is 383 g/mol. The number of halogens is 1. The summed E-state index contributed by atoms with van der Waals surface area (Å²) in [6.07, 6.45) is 1.79. The molecule has 0 saturated carbocycles. The highest BCUT2D eigenvalue weighted by atomic mass is 127. The summed E-state index contributed by atoms with van der Waals surface area (Å²) in [6, 6.07) is 0. The fourth-order valence-corrected chi connectivity index (χ4v) is 2.17. The minimum Gasteiger partial charge on any atom is -0.444 e. The lowest BCUT2D eigenvalue weighted by atomic mass is 9.97. The van der Waals surface area contributed by atoms with Crippen LogP contribution in [0.5, 0.6) is 0 Å².